The molecule has 2 aliphatic rings. The maximum Gasteiger partial charge on any atom is 0.165 e. The van der Waals surface area contributed by atoms with Crippen LogP contribution in [0.5, 0.6) is 5.75 Å². The second-order valence-corrected chi connectivity index (χ2v) is 7.36. The number of para-hydroxylation sites is 1. The fraction of sp³-hybridized carbons (Fsp3) is 0.400. The number of hydrogen-bond donors (Lipinski definition) is 0. The minimum absolute atomic E-state index is 0.282. The van der Waals surface area contributed by atoms with E-state index in [0.29, 0.717) is 30.1 Å². The number of rotatable bonds is 5. The number of piperidine rings is 1. The molecule has 0 N–H and O–H groups in total. The van der Waals surface area contributed by atoms with Crippen molar-refractivity contribution in [1.29, 1.82) is 0 Å². The number of ether oxygens (including phenoxy) is 1. The second kappa shape index (κ2) is 6.06. The number of likely N-dealkylation sites (tertiary alicyclic amines) is 1. The summed E-state index contributed by atoms with van der Waals surface area (Å²) in [5.41, 5.74) is 1.88. The summed E-state index contributed by atoms with van der Waals surface area (Å²) in [4.78, 5) is 11.6. The molecule has 0 radical (unpaired) electrons. The monoisotopic (exact) mass is 352 g/mol. The molecule has 1 saturated heterocycles. The van der Waals surface area contributed by atoms with Crippen molar-refractivity contribution in [2.24, 2.45) is 24.8 Å². The normalized spacial score (nSPS) is 24.8. The van der Waals surface area contributed by atoms with Crippen LogP contribution in [-0.2, 0) is 13.6 Å². The highest BCUT2D eigenvalue weighted by Crippen LogP contribution is 2.52. The maximum atomic E-state index is 13.6. The van der Waals surface area contributed by atoms with Crippen LogP contribution in [0.3, 0.4) is 0 Å². The van der Waals surface area contributed by atoms with Gasteiger partial charge in [0.2, 0.25) is 0 Å². The van der Waals surface area contributed by atoms with Crippen molar-refractivity contribution >= 4 is 11.2 Å². The van der Waals surface area contributed by atoms with Gasteiger partial charge in [0.25, 0.3) is 0 Å². The van der Waals surface area contributed by atoms with Gasteiger partial charge in [0, 0.05) is 32.3 Å². The van der Waals surface area contributed by atoms with Gasteiger partial charge in [0.1, 0.15) is 11.3 Å². The second-order valence-electron chi connectivity index (χ2n) is 7.36. The van der Waals surface area contributed by atoms with Crippen LogP contribution in [0.1, 0.15) is 5.82 Å². The third-order valence-corrected chi connectivity index (χ3v) is 5.80. The molecule has 6 heteroatoms. The van der Waals surface area contributed by atoms with Gasteiger partial charge in [-0.2, -0.15) is 0 Å². The molecule has 1 aliphatic carbocycles. The predicted octanol–water partition coefficient (Wildman–Crippen LogP) is 2.86. The summed E-state index contributed by atoms with van der Waals surface area (Å²) in [5, 5.41) is 0. The van der Waals surface area contributed by atoms with E-state index in [1.807, 2.05) is 19.2 Å². The Morgan fingerprint density at radius 1 is 1.15 bits per heavy atom. The highest BCUT2D eigenvalue weighted by atomic mass is 19.1. The Labute approximate surface area is 151 Å². The number of fused-ring (bicyclic) bond motifs is 2. The van der Waals surface area contributed by atoms with E-state index in [1.54, 1.807) is 24.4 Å². The third kappa shape index (κ3) is 2.65. The molecular formula is C20H21FN4O. The molecule has 1 aliphatic heterocycles. The van der Waals surface area contributed by atoms with Gasteiger partial charge >= 0.3 is 0 Å². The molecule has 1 saturated carbocycles. The number of halogens is 1. The van der Waals surface area contributed by atoms with Crippen LogP contribution in [0.15, 0.2) is 42.6 Å². The number of pyridine rings is 1. The minimum Gasteiger partial charge on any atom is -0.490 e. The molecule has 2 fully saturated rings. The number of aromatic nitrogens is 3. The molecule has 0 spiro atoms. The summed E-state index contributed by atoms with van der Waals surface area (Å²) in [6, 6.07) is 10.5. The zero-order valence-electron chi connectivity index (χ0n) is 14.7. The Hall–Kier alpha value is -2.47. The van der Waals surface area contributed by atoms with E-state index in [-0.39, 0.29) is 5.82 Å². The van der Waals surface area contributed by atoms with Crippen LogP contribution in [0, 0.1) is 23.6 Å². The Morgan fingerprint density at radius 2 is 1.96 bits per heavy atom. The lowest BCUT2D eigenvalue weighted by Gasteiger charge is -2.19. The molecule has 1 unspecified atom stereocenters. The summed E-state index contributed by atoms with van der Waals surface area (Å²) in [7, 11) is 2.03. The Morgan fingerprint density at radius 3 is 2.73 bits per heavy atom. The van der Waals surface area contributed by atoms with Crippen LogP contribution < -0.4 is 4.74 Å². The van der Waals surface area contributed by atoms with Gasteiger partial charge in [-0.25, -0.2) is 14.4 Å². The Bertz CT molecular complexity index is 944. The average molecular weight is 352 g/mol. The number of nitrogens with zero attached hydrogens (tertiary/aromatic N) is 4. The van der Waals surface area contributed by atoms with Crippen LogP contribution in [0.2, 0.25) is 0 Å². The van der Waals surface area contributed by atoms with Crippen molar-refractivity contribution in [2.75, 3.05) is 19.7 Å². The molecule has 5 nitrogen and oxygen atoms in total. The molecule has 3 aromatic rings. The SMILES string of the molecule is Cn1c(CN2C[C@@H]3C(COc4ccccc4F)[C@@H]3C2)nc2cccnc21. The van der Waals surface area contributed by atoms with E-state index < -0.39 is 0 Å². The minimum atomic E-state index is -0.282. The van der Waals surface area contributed by atoms with Gasteiger partial charge in [-0.1, -0.05) is 12.1 Å². The summed E-state index contributed by atoms with van der Waals surface area (Å²) < 4.78 is 21.4. The quantitative estimate of drug-likeness (QED) is 0.708. The van der Waals surface area contributed by atoms with Gasteiger partial charge in [0.15, 0.2) is 17.2 Å². The zero-order valence-corrected chi connectivity index (χ0v) is 14.7. The fourth-order valence-corrected chi connectivity index (χ4v) is 4.27. The third-order valence-electron chi connectivity index (χ3n) is 5.80. The van der Waals surface area contributed by atoms with Gasteiger partial charge in [-0.15, -0.1) is 0 Å². The summed E-state index contributed by atoms with van der Waals surface area (Å²) in [5.74, 6) is 3.01. The van der Waals surface area contributed by atoms with Crippen molar-refractivity contribution in [3.8, 4) is 5.75 Å². The first-order valence-corrected chi connectivity index (χ1v) is 9.06. The van der Waals surface area contributed by atoms with E-state index in [2.05, 4.69) is 14.5 Å². The Kier molecular flexibility index (Phi) is 3.67. The zero-order chi connectivity index (χ0) is 17.7. The summed E-state index contributed by atoms with van der Waals surface area (Å²) in [6.45, 7) is 3.58. The number of benzene rings is 1. The summed E-state index contributed by atoms with van der Waals surface area (Å²) >= 11 is 0. The molecule has 26 heavy (non-hydrogen) atoms. The van der Waals surface area contributed by atoms with E-state index in [9.17, 15) is 4.39 Å². The van der Waals surface area contributed by atoms with Crippen molar-refractivity contribution in [1.82, 2.24) is 19.4 Å². The van der Waals surface area contributed by atoms with Gasteiger partial charge < -0.3 is 9.30 Å². The van der Waals surface area contributed by atoms with Crippen LogP contribution in [-0.4, -0.2) is 39.1 Å². The van der Waals surface area contributed by atoms with E-state index in [1.165, 1.54) is 6.07 Å². The largest absolute Gasteiger partial charge is 0.490 e. The lowest BCUT2D eigenvalue weighted by atomic mass is 10.2. The summed E-state index contributed by atoms with van der Waals surface area (Å²) in [6.07, 6.45) is 1.80. The average Bonchev–Trinajstić information content (AvgIpc) is 2.98. The fourth-order valence-electron chi connectivity index (χ4n) is 4.27. The highest BCUT2D eigenvalue weighted by molar-refractivity contribution is 5.70. The maximum absolute atomic E-state index is 13.6. The van der Waals surface area contributed by atoms with E-state index in [4.69, 9.17) is 9.72 Å². The first kappa shape index (κ1) is 15.8. The van der Waals surface area contributed by atoms with Crippen molar-refractivity contribution < 1.29 is 9.13 Å². The highest BCUT2D eigenvalue weighted by Gasteiger charge is 2.55. The molecule has 1 aromatic carbocycles. The lowest BCUT2D eigenvalue weighted by molar-refractivity contribution is 0.222. The van der Waals surface area contributed by atoms with Crippen LogP contribution in [0.25, 0.3) is 11.2 Å². The molecule has 5 rings (SSSR count). The first-order chi connectivity index (χ1) is 12.7. The first-order valence-electron chi connectivity index (χ1n) is 9.06. The van der Waals surface area contributed by atoms with Crippen LogP contribution >= 0.6 is 0 Å². The predicted molar refractivity (Wildman–Crippen MR) is 96.2 cm³/mol. The number of aryl methyl sites for hydroxylation is 1. The van der Waals surface area contributed by atoms with E-state index >= 15 is 0 Å². The number of imidazole rings is 1. The molecule has 0 bridgehead atoms. The molecule has 134 valence electrons. The van der Waals surface area contributed by atoms with Crippen LogP contribution in [0.4, 0.5) is 4.39 Å². The van der Waals surface area contributed by atoms with Crippen molar-refractivity contribution in [3.63, 3.8) is 0 Å². The van der Waals surface area contributed by atoms with Gasteiger partial charge in [0.05, 0.1) is 13.2 Å². The standard InChI is InChI=1S/C20H21FN4O/c1-24-19(23-17-6-4-8-22-20(17)24)11-25-9-13-14(10-25)15(13)12-26-18-7-3-2-5-16(18)21/h2-8,13-15H,9-12H2,1H3/t13-,14+,15?. The lowest BCUT2D eigenvalue weighted by Crippen LogP contribution is -2.26. The topological polar surface area (TPSA) is 43.2 Å². The van der Waals surface area contributed by atoms with Crippen molar-refractivity contribution in [2.45, 2.75) is 6.54 Å². The smallest absolute Gasteiger partial charge is 0.165 e. The molecule has 2 aromatic heterocycles. The van der Waals surface area contributed by atoms with Gasteiger partial charge in [-0.05, 0) is 36.1 Å². The van der Waals surface area contributed by atoms with Crippen molar-refractivity contribution in [3.05, 3.63) is 54.2 Å². The van der Waals surface area contributed by atoms with Gasteiger partial charge in [-0.3, -0.25) is 4.90 Å². The number of hydrogen-bond acceptors (Lipinski definition) is 4. The molecule has 0 amide bonds. The molecule has 3 atom stereocenters. The Balaban J connectivity index is 1.18. The van der Waals surface area contributed by atoms with E-state index in [0.717, 1.165) is 36.6 Å². The molecular weight excluding hydrogens is 331 g/mol. The molecule has 3 heterocycles.